The summed E-state index contributed by atoms with van der Waals surface area (Å²) < 4.78 is 16.3. The molecule has 0 bridgehead atoms. The molecule has 0 fully saturated rings. The maximum Gasteiger partial charge on any atom is 0.334 e. The van der Waals surface area contributed by atoms with Crippen molar-refractivity contribution < 1.29 is 23.8 Å². The molecule has 0 saturated carbocycles. The van der Waals surface area contributed by atoms with Crippen LogP contribution in [0, 0.1) is 0 Å². The Hall–Kier alpha value is -0.433. The minimum absolute atomic E-state index is 0.0273. The third kappa shape index (κ3) is 6.51. The van der Waals surface area contributed by atoms with Crippen molar-refractivity contribution in [2.45, 2.75) is 58.0 Å². The number of aliphatic carboxylic acids is 1. The highest BCUT2D eigenvalue weighted by Crippen LogP contribution is 2.37. The van der Waals surface area contributed by atoms with Crippen molar-refractivity contribution in [3.63, 3.8) is 0 Å². The Morgan fingerprint density at radius 1 is 1.26 bits per heavy atom. The van der Waals surface area contributed by atoms with Crippen LogP contribution in [0.25, 0.3) is 0 Å². The van der Waals surface area contributed by atoms with Gasteiger partial charge in [0.25, 0.3) is 0 Å². The molecule has 0 aliphatic carbocycles. The summed E-state index contributed by atoms with van der Waals surface area (Å²) >= 11 is 0. The average molecular weight is 292 g/mol. The number of hydrogen-bond acceptors (Lipinski definition) is 4. The fourth-order valence-electron chi connectivity index (χ4n) is 1.10. The third-order valence-corrected chi connectivity index (χ3v) is 8.03. The number of ether oxygens (including phenoxy) is 2. The SMILES string of the molecule is COC(C)COCC(O[Si](C)(C)C(C)(C)C)C(=O)O. The van der Waals surface area contributed by atoms with Gasteiger partial charge in [-0.2, -0.15) is 0 Å². The molecule has 0 heterocycles. The fraction of sp³-hybridized carbons (Fsp3) is 0.923. The van der Waals surface area contributed by atoms with Crippen LogP contribution in [0.3, 0.4) is 0 Å². The zero-order valence-electron chi connectivity index (χ0n) is 13.1. The molecule has 5 nitrogen and oxygen atoms in total. The van der Waals surface area contributed by atoms with E-state index in [-0.39, 0.29) is 17.7 Å². The summed E-state index contributed by atoms with van der Waals surface area (Å²) in [6, 6.07) is 0. The standard InChI is InChI=1S/C13H28O5Si/c1-10(16-5)8-17-9-11(12(14)15)18-19(6,7)13(2,3)4/h10-11H,8-9H2,1-7H3,(H,14,15). The van der Waals surface area contributed by atoms with Crippen molar-refractivity contribution in [1.82, 2.24) is 0 Å². The summed E-state index contributed by atoms with van der Waals surface area (Å²) in [5.41, 5.74) is 0. The second-order valence-electron chi connectivity index (χ2n) is 6.29. The molecule has 19 heavy (non-hydrogen) atoms. The van der Waals surface area contributed by atoms with E-state index in [1.165, 1.54) is 0 Å². The molecule has 0 amide bonds. The van der Waals surface area contributed by atoms with Crippen molar-refractivity contribution in [3.8, 4) is 0 Å². The minimum Gasteiger partial charge on any atom is -0.479 e. The van der Waals surface area contributed by atoms with Crippen LogP contribution in [0.4, 0.5) is 0 Å². The number of carboxylic acids is 1. The lowest BCUT2D eigenvalue weighted by molar-refractivity contribution is -0.149. The summed E-state index contributed by atoms with van der Waals surface area (Å²) in [4.78, 5) is 11.2. The highest BCUT2D eigenvalue weighted by atomic mass is 28.4. The number of carbonyl (C=O) groups is 1. The van der Waals surface area contributed by atoms with Crippen molar-refractivity contribution in [1.29, 1.82) is 0 Å². The van der Waals surface area contributed by atoms with Gasteiger partial charge in [0, 0.05) is 7.11 Å². The first-order valence-corrected chi connectivity index (χ1v) is 9.43. The first kappa shape index (κ1) is 18.6. The predicted octanol–water partition coefficient (Wildman–Crippen LogP) is 2.51. The molecule has 0 aliphatic rings. The molecule has 0 aromatic heterocycles. The van der Waals surface area contributed by atoms with Crippen LogP contribution < -0.4 is 0 Å². The quantitative estimate of drug-likeness (QED) is 0.696. The van der Waals surface area contributed by atoms with Gasteiger partial charge in [-0.15, -0.1) is 0 Å². The minimum atomic E-state index is -2.11. The molecular formula is C13H28O5Si. The van der Waals surface area contributed by atoms with Crippen LogP contribution >= 0.6 is 0 Å². The maximum absolute atomic E-state index is 11.2. The molecule has 2 atom stereocenters. The fourth-order valence-corrected chi connectivity index (χ4v) is 2.33. The van der Waals surface area contributed by atoms with Crippen molar-refractivity contribution in [3.05, 3.63) is 0 Å². The first-order chi connectivity index (χ1) is 8.51. The molecule has 0 rings (SSSR count). The molecule has 0 saturated heterocycles. The van der Waals surface area contributed by atoms with E-state index in [0.717, 1.165) is 0 Å². The molecule has 0 aromatic rings. The Labute approximate surface area is 117 Å². The van der Waals surface area contributed by atoms with E-state index in [4.69, 9.17) is 13.9 Å². The van der Waals surface area contributed by atoms with Gasteiger partial charge < -0.3 is 19.0 Å². The normalized spacial score (nSPS) is 16.2. The lowest BCUT2D eigenvalue weighted by Crippen LogP contribution is -2.47. The van der Waals surface area contributed by atoms with Crippen molar-refractivity contribution in [2.75, 3.05) is 20.3 Å². The molecule has 0 aliphatic heterocycles. The van der Waals surface area contributed by atoms with Crippen LogP contribution in [-0.4, -0.2) is 51.9 Å². The van der Waals surface area contributed by atoms with E-state index in [0.29, 0.717) is 6.61 Å². The van der Waals surface area contributed by atoms with E-state index in [1.807, 2.05) is 20.0 Å². The molecule has 1 N–H and O–H groups in total. The van der Waals surface area contributed by atoms with Crippen LogP contribution in [0.5, 0.6) is 0 Å². The Morgan fingerprint density at radius 3 is 2.16 bits per heavy atom. The maximum atomic E-state index is 11.2. The molecular weight excluding hydrogens is 264 g/mol. The lowest BCUT2D eigenvalue weighted by atomic mass is 10.2. The molecule has 2 unspecified atom stereocenters. The number of methoxy groups -OCH3 is 1. The Balaban J connectivity index is 4.47. The number of hydrogen-bond donors (Lipinski definition) is 1. The van der Waals surface area contributed by atoms with Crippen LogP contribution in [0.1, 0.15) is 27.7 Å². The van der Waals surface area contributed by atoms with Crippen LogP contribution in [0.2, 0.25) is 18.1 Å². The molecule has 0 spiro atoms. The Morgan fingerprint density at radius 2 is 1.79 bits per heavy atom. The molecule has 0 aromatic carbocycles. The lowest BCUT2D eigenvalue weighted by Gasteiger charge is -2.38. The second kappa shape index (κ2) is 7.38. The number of carboxylic acid groups (broad SMARTS) is 1. The van der Waals surface area contributed by atoms with E-state index in [2.05, 4.69) is 20.8 Å². The van der Waals surface area contributed by atoms with Gasteiger partial charge in [-0.25, -0.2) is 4.79 Å². The number of rotatable bonds is 8. The predicted molar refractivity (Wildman–Crippen MR) is 77.0 cm³/mol. The highest BCUT2D eigenvalue weighted by molar-refractivity contribution is 6.74. The van der Waals surface area contributed by atoms with Crippen LogP contribution in [-0.2, 0) is 18.7 Å². The summed E-state index contributed by atoms with van der Waals surface area (Å²) in [7, 11) is -0.516. The summed E-state index contributed by atoms with van der Waals surface area (Å²) in [6.07, 6.45) is -0.965. The van der Waals surface area contributed by atoms with E-state index in [1.54, 1.807) is 7.11 Å². The van der Waals surface area contributed by atoms with Gasteiger partial charge in [-0.05, 0) is 25.1 Å². The summed E-state index contributed by atoms with van der Waals surface area (Å²) in [5, 5.41) is 9.18. The van der Waals surface area contributed by atoms with Gasteiger partial charge in [0.05, 0.1) is 19.3 Å². The van der Waals surface area contributed by atoms with E-state index >= 15 is 0 Å². The zero-order chi connectivity index (χ0) is 15.3. The van der Waals surface area contributed by atoms with E-state index < -0.39 is 20.4 Å². The second-order valence-corrected chi connectivity index (χ2v) is 11.0. The smallest absolute Gasteiger partial charge is 0.334 e. The summed E-state index contributed by atoms with van der Waals surface area (Å²) in [6.45, 7) is 12.6. The zero-order valence-corrected chi connectivity index (χ0v) is 14.1. The van der Waals surface area contributed by atoms with Gasteiger partial charge in [-0.3, -0.25) is 0 Å². The molecule has 6 heteroatoms. The van der Waals surface area contributed by atoms with Gasteiger partial charge >= 0.3 is 5.97 Å². The monoisotopic (exact) mass is 292 g/mol. The van der Waals surface area contributed by atoms with Crippen LogP contribution in [0.15, 0.2) is 0 Å². The van der Waals surface area contributed by atoms with Gasteiger partial charge in [-0.1, -0.05) is 20.8 Å². The highest BCUT2D eigenvalue weighted by Gasteiger charge is 2.40. The first-order valence-electron chi connectivity index (χ1n) is 6.52. The van der Waals surface area contributed by atoms with Gasteiger partial charge in [0.15, 0.2) is 14.4 Å². The Bertz CT molecular complexity index is 285. The van der Waals surface area contributed by atoms with Gasteiger partial charge in [0.2, 0.25) is 0 Å². The molecule has 0 radical (unpaired) electrons. The largest absolute Gasteiger partial charge is 0.479 e. The Kier molecular flexibility index (Phi) is 7.21. The average Bonchev–Trinajstić information content (AvgIpc) is 2.25. The summed E-state index contributed by atoms with van der Waals surface area (Å²) in [5.74, 6) is -0.977. The van der Waals surface area contributed by atoms with E-state index in [9.17, 15) is 9.90 Å². The van der Waals surface area contributed by atoms with Gasteiger partial charge in [0.1, 0.15) is 0 Å². The topological polar surface area (TPSA) is 65.0 Å². The van der Waals surface area contributed by atoms with Crippen molar-refractivity contribution in [2.24, 2.45) is 0 Å². The van der Waals surface area contributed by atoms with Crippen molar-refractivity contribution >= 4 is 14.3 Å². The molecule has 114 valence electrons. The third-order valence-electron chi connectivity index (χ3n) is 3.54.